The Morgan fingerprint density at radius 1 is 0.976 bits per heavy atom. The summed E-state index contributed by atoms with van der Waals surface area (Å²) >= 11 is 12.6. The van der Waals surface area contributed by atoms with E-state index in [1.54, 1.807) is 31.2 Å². The number of aryl methyl sites for hydroxylation is 2. The van der Waals surface area contributed by atoms with Crippen molar-refractivity contribution in [1.82, 2.24) is 10.2 Å². The van der Waals surface area contributed by atoms with Gasteiger partial charge in [-0.3, -0.25) is 13.9 Å². The van der Waals surface area contributed by atoms with Crippen molar-refractivity contribution in [3.63, 3.8) is 0 Å². The Hall–Kier alpha value is -3.07. The number of amides is 2. The number of halogens is 2. The van der Waals surface area contributed by atoms with Crippen molar-refractivity contribution in [2.24, 2.45) is 0 Å². The number of anilines is 1. The van der Waals surface area contributed by atoms with E-state index in [-0.39, 0.29) is 18.9 Å². The SMILES string of the molecule is CCCCNC(=O)[C@@H](Cc1ccccc1)N(Cc1ccc(Cl)cc1Cl)C(=O)CN(c1cc(C)ccc1C)S(C)(=O)=O. The predicted octanol–water partition coefficient (Wildman–Crippen LogP) is 5.93. The number of nitrogens with one attached hydrogen (secondary N) is 1. The summed E-state index contributed by atoms with van der Waals surface area (Å²) in [5.41, 5.74) is 3.42. The second kappa shape index (κ2) is 14.7. The second-order valence-corrected chi connectivity index (χ2v) is 12.9. The van der Waals surface area contributed by atoms with Crippen LogP contribution in [-0.4, -0.2) is 50.5 Å². The molecule has 0 radical (unpaired) electrons. The maximum absolute atomic E-state index is 14.2. The van der Waals surface area contributed by atoms with E-state index in [2.05, 4.69) is 5.32 Å². The molecule has 41 heavy (non-hydrogen) atoms. The summed E-state index contributed by atoms with van der Waals surface area (Å²) in [6, 6.07) is 18.9. The lowest BCUT2D eigenvalue weighted by Crippen LogP contribution is -2.53. The quantitative estimate of drug-likeness (QED) is 0.241. The molecule has 7 nitrogen and oxygen atoms in total. The first-order valence-electron chi connectivity index (χ1n) is 13.5. The molecule has 2 amide bonds. The highest BCUT2D eigenvalue weighted by atomic mass is 35.5. The average Bonchev–Trinajstić information content (AvgIpc) is 2.91. The van der Waals surface area contributed by atoms with Crippen LogP contribution in [0.15, 0.2) is 66.7 Å². The van der Waals surface area contributed by atoms with Crippen LogP contribution in [0.25, 0.3) is 0 Å². The normalized spacial score (nSPS) is 12.0. The fourth-order valence-electron chi connectivity index (χ4n) is 4.48. The van der Waals surface area contributed by atoms with Gasteiger partial charge in [-0.05, 0) is 60.7 Å². The van der Waals surface area contributed by atoms with Gasteiger partial charge in [0.25, 0.3) is 0 Å². The minimum Gasteiger partial charge on any atom is -0.354 e. The highest BCUT2D eigenvalue weighted by Crippen LogP contribution is 2.27. The molecule has 0 aliphatic carbocycles. The first-order chi connectivity index (χ1) is 19.4. The minimum atomic E-state index is -3.85. The van der Waals surface area contributed by atoms with Gasteiger partial charge in [0.15, 0.2) is 0 Å². The fraction of sp³-hybridized carbons (Fsp3) is 0.355. The van der Waals surface area contributed by atoms with Crippen molar-refractivity contribution in [3.8, 4) is 0 Å². The van der Waals surface area contributed by atoms with Crippen LogP contribution in [0.3, 0.4) is 0 Å². The Balaban J connectivity index is 2.09. The first kappa shape index (κ1) is 32.4. The van der Waals surface area contributed by atoms with Crippen LogP contribution in [0.5, 0.6) is 0 Å². The summed E-state index contributed by atoms with van der Waals surface area (Å²) in [4.78, 5) is 29.3. The third kappa shape index (κ3) is 9.21. The lowest BCUT2D eigenvalue weighted by Gasteiger charge is -2.34. The molecular formula is C31H37Cl2N3O4S. The van der Waals surface area contributed by atoms with Gasteiger partial charge < -0.3 is 10.2 Å². The molecule has 0 aromatic heterocycles. The lowest BCUT2D eigenvalue weighted by atomic mass is 10.0. The number of hydrogen-bond acceptors (Lipinski definition) is 4. The van der Waals surface area contributed by atoms with Gasteiger partial charge in [0.2, 0.25) is 21.8 Å². The maximum Gasteiger partial charge on any atom is 0.244 e. The van der Waals surface area contributed by atoms with Crippen LogP contribution in [0.2, 0.25) is 10.0 Å². The number of hydrogen-bond donors (Lipinski definition) is 1. The van der Waals surface area contributed by atoms with Crippen LogP contribution in [0.1, 0.15) is 42.0 Å². The molecule has 0 heterocycles. The Kier molecular flexibility index (Phi) is 11.6. The van der Waals surface area contributed by atoms with Crippen LogP contribution >= 0.6 is 23.2 Å². The predicted molar refractivity (Wildman–Crippen MR) is 167 cm³/mol. The molecule has 1 N–H and O–H groups in total. The molecule has 0 saturated heterocycles. The van der Waals surface area contributed by atoms with E-state index in [9.17, 15) is 18.0 Å². The van der Waals surface area contributed by atoms with E-state index < -0.39 is 28.5 Å². The number of sulfonamides is 1. The van der Waals surface area contributed by atoms with Crippen molar-refractivity contribution < 1.29 is 18.0 Å². The molecule has 1 atom stereocenters. The Labute approximate surface area is 253 Å². The largest absolute Gasteiger partial charge is 0.354 e. The van der Waals surface area contributed by atoms with Crippen molar-refractivity contribution in [2.45, 2.75) is 52.6 Å². The molecule has 3 aromatic carbocycles. The number of rotatable bonds is 13. The van der Waals surface area contributed by atoms with Crippen LogP contribution < -0.4 is 9.62 Å². The van der Waals surface area contributed by atoms with Gasteiger partial charge in [-0.15, -0.1) is 0 Å². The fourth-order valence-corrected chi connectivity index (χ4v) is 5.84. The van der Waals surface area contributed by atoms with Gasteiger partial charge in [0, 0.05) is 29.6 Å². The second-order valence-electron chi connectivity index (χ2n) is 10.2. The molecule has 0 aliphatic heterocycles. The molecule has 0 aliphatic rings. The molecule has 10 heteroatoms. The zero-order valence-corrected chi connectivity index (χ0v) is 26.2. The van der Waals surface area contributed by atoms with Crippen LogP contribution in [-0.2, 0) is 32.6 Å². The number of carbonyl (C=O) groups is 2. The van der Waals surface area contributed by atoms with Crippen molar-refractivity contribution in [1.29, 1.82) is 0 Å². The summed E-state index contributed by atoms with van der Waals surface area (Å²) in [5, 5.41) is 3.74. The number of nitrogens with zero attached hydrogens (tertiary/aromatic N) is 2. The summed E-state index contributed by atoms with van der Waals surface area (Å²) < 4.78 is 27.1. The molecule has 0 bridgehead atoms. The summed E-state index contributed by atoms with van der Waals surface area (Å²) in [7, 11) is -3.85. The third-order valence-corrected chi connectivity index (χ3v) is 8.48. The average molecular weight is 619 g/mol. The van der Waals surface area contributed by atoms with Gasteiger partial charge in [-0.2, -0.15) is 0 Å². The van der Waals surface area contributed by atoms with E-state index in [1.807, 2.05) is 56.3 Å². The molecule has 3 aromatic rings. The Morgan fingerprint density at radius 3 is 2.32 bits per heavy atom. The number of carbonyl (C=O) groups excluding carboxylic acids is 2. The first-order valence-corrected chi connectivity index (χ1v) is 16.1. The molecule has 3 rings (SSSR count). The topological polar surface area (TPSA) is 86.8 Å². The number of benzene rings is 3. The van der Waals surface area contributed by atoms with Gasteiger partial charge in [0.05, 0.1) is 11.9 Å². The van der Waals surface area contributed by atoms with E-state index in [1.165, 1.54) is 4.90 Å². The van der Waals surface area contributed by atoms with Crippen LogP contribution in [0.4, 0.5) is 5.69 Å². The molecule has 0 saturated carbocycles. The van der Waals surface area contributed by atoms with E-state index in [0.29, 0.717) is 33.4 Å². The van der Waals surface area contributed by atoms with E-state index in [0.717, 1.165) is 34.5 Å². The summed E-state index contributed by atoms with van der Waals surface area (Å²) in [6.07, 6.45) is 2.99. The van der Waals surface area contributed by atoms with Crippen molar-refractivity contribution >= 4 is 50.7 Å². The zero-order valence-electron chi connectivity index (χ0n) is 23.9. The van der Waals surface area contributed by atoms with Gasteiger partial charge in [-0.1, -0.05) is 85.1 Å². The van der Waals surface area contributed by atoms with E-state index >= 15 is 0 Å². The molecule has 220 valence electrons. The summed E-state index contributed by atoms with van der Waals surface area (Å²) in [6.45, 7) is 5.64. The van der Waals surface area contributed by atoms with Gasteiger partial charge in [0.1, 0.15) is 12.6 Å². The Bertz CT molecular complexity index is 1470. The number of unbranched alkanes of at least 4 members (excludes halogenated alkanes) is 1. The monoisotopic (exact) mass is 617 g/mol. The molecule has 0 spiro atoms. The zero-order chi connectivity index (χ0) is 30.2. The van der Waals surface area contributed by atoms with E-state index in [4.69, 9.17) is 23.2 Å². The van der Waals surface area contributed by atoms with Crippen molar-refractivity contribution in [3.05, 3.63) is 99.0 Å². The molecule has 0 unspecified atom stereocenters. The minimum absolute atomic E-state index is 0.0159. The highest BCUT2D eigenvalue weighted by molar-refractivity contribution is 7.92. The Morgan fingerprint density at radius 2 is 1.68 bits per heavy atom. The molecule has 0 fully saturated rings. The standard InChI is InChI=1S/C31H37Cl2N3O4S/c1-5-6-16-34-31(38)29(18-24-10-8-7-9-11-24)35(20-25-14-15-26(32)19-27(25)33)30(37)21-36(41(4,39)40)28-17-22(2)12-13-23(28)3/h7-15,17,19,29H,5-6,16,18,20-21H2,1-4H3,(H,34,38)/t29-/m1/s1. The highest BCUT2D eigenvalue weighted by Gasteiger charge is 2.33. The summed E-state index contributed by atoms with van der Waals surface area (Å²) in [5.74, 6) is -0.854. The third-order valence-electron chi connectivity index (χ3n) is 6.77. The van der Waals surface area contributed by atoms with Gasteiger partial charge in [-0.25, -0.2) is 8.42 Å². The van der Waals surface area contributed by atoms with Gasteiger partial charge >= 0.3 is 0 Å². The maximum atomic E-state index is 14.2. The lowest BCUT2D eigenvalue weighted by molar-refractivity contribution is -0.140. The smallest absolute Gasteiger partial charge is 0.244 e. The van der Waals surface area contributed by atoms with Crippen LogP contribution in [0, 0.1) is 13.8 Å². The van der Waals surface area contributed by atoms with Crippen molar-refractivity contribution in [2.75, 3.05) is 23.7 Å². The molecular weight excluding hydrogens is 581 g/mol.